The molecule has 1 aliphatic heterocycles. The predicted molar refractivity (Wildman–Crippen MR) is 101 cm³/mol. The average Bonchev–Trinajstić information content (AvgIpc) is 2.60. The Hall–Kier alpha value is -1.36. The lowest BCUT2D eigenvalue weighted by Crippen LogP contribution is -2.46. The van der Waals surface area contributed by atoms with Crippen molar-refractivity contribution in [2.45, 2.75) is 32.5 Å². The van der Waals surface area contributed by atoms with Crippen LogP contribution in [0.3, 0.4) is 0 Å². The maximum Gasteiger partial charge on any atom is 0.376 e. The molecular formula is C19H23BClNO2. The number of carbonyl (C=O) groups excluding carboxylic acids is 1. The molecule has 5 heteroatoms. The van der Waals surface area contributed by atoms with Crippen LogP contribution in [0.15, 0.2) is 30.3 Å². The van der Waals surface area contributed by atoms with Gasteiger partial charge in [-0.15, -0.1) is 11.6 Å². The van der Waals surface area contributed by atoms with E-state index < -0.39 is 7.05 Å². The van der Waals surface area contributed by atoms with Gasteiger partial charge in [-0.05, 0) is 67.6 Å². The standard InChI is InChI=1S/C19H23BClNO2/c1-13-5-6-14-10-15(7-8-17(14)18(13)11-21)19(23)16-4-3-9-22(12-16)20(2)24/h5-8,10,16,24H,3-4,9,11-12H2,1-2H3. The van der Waals surface area contributed by atoms with Crippen molar-refractivity contribution in [3.63, 3.8) is 0 Å². The minimum absolute atomic E-state index is 0.0382. The van der Waals surface area contributed by atoms with Gasteiger partial charge in [0.15, 0.2) is 5.78 Å². The summed E-state index contributed by atoms with van der Waals surface area (Å²) in [6, 6.07) is 10.0. The quantitative estimate of drug-likeness (QED) is 0.520. The molecule has 0 radical (unpaired) electrons. The first kappa shape index (κ1) is 17.5. The highest BCUT2D eigenvalue weighted by molar-refractivity contribution is 6.45. The van der Waals surface area contributed by atoms with Crippen LogP contribution in [-0.2, 0) is 5.88 Å². The smallest absolute Gasteiger partial charge is 0.376 e. The Bertz CT molecular complexity index is 762. The lowest BCUT2D eigenvalue weighted by molar-refractivity contribution is 0.0865. The summed E-state index contributed by atoms with van der Waals surface area (Å²) in [7, 11) is -0.494. The fourth-order valence-corrected chi connectivity index (χ4v) is 3.98. The van der Waals surface area contributed by atoms with Gasteiger partial charge in [0.25, 0.3) is 0 Å². The molecular weight excluding hydrogens is 320 g/mol. The molecule has 24 heavy (non-hydrogen) atoms. The highest BCUT2D eigenvalue weighted by atomic mass is 35.5. The molecule has 1 heterocycles. The van der Waals surface area contributed by atoms with Crippen LogP contribution < -0.4 is 0 Å². The van der Waals surface area contributed by atoms with Gasteiger partial charge in [-0.1, -0.05) is 24.3 Å². The van der Waals surface area contributed by atoms with Crippen molar-refractivity contribution in [1.82, 2.24) is 4.81 Å². The predicted octanol–water partition coefficient (Wildman–Crippen LogP) is 3.89. The van der Waals surface area contributed by atoms with Crippen molar-refractivity contribution in [3.05, 3.63) is 47.0 Å². The van der Waals surface area contributed by atoms with Crippen molar-refractivity contribution < 1.29 is 9.82 Å². The Balaban J connectivity index is 1.89. The molecule has 0 spiro atoms. The van der Waals surface area contributed by atoms with Gasteiger partial charge in [0.05, 0.1) is 0 Å². The van der Waals surface area contributed by atoms with Crippen molar-refractivity contribution in [2.24, 2.45) is 5.92 Å². The summed E-state index contributed by atoms with van der Waals surface area (Å²) in [6.07, 6.45) is 1.84. The zero-order chi connectivity index (χ0) is 17.3. The Labute approximate surface area is 148 Å². The summed E-state index contributed by atoms with van der Waals surface area (Å²) in [5, 5.41) is 12.0. The van der Waals surface area contributed by atoms with E-state index in [2.05, 4.69) is 19.1 Å². The van der Waals surface area contributed by atoms with Crippen molar-refractivity contribution >= 4 is 35.2 Å². The number of alkyl halides is 1. The van der Waals surface area contributed by atoms with Crippen LogP contribution in [-0.4, -0.2) is 35.8 Å². The molecule has 0 amide bonds. The van der Waals surface area contributed by atoms with Gasteiger partial charge in [0.2, 0.25) is 0 Å². The second kappa shape index (κ2) is 7.26. The number of carbonyl (C=O) groups is 1. The molecule has 3 nitrogen and oxygen atoms in total. The first-order valence-electron chi connectivity index (χ1n) is 8.56. The molecule has 0 bridgehead atoms. The van der Waals surface area contributed by atoms with Crippen molar-refractivity contribution in [3.8, 4) is 0 Å². The number of aryl methyl sites for hydroxylation is 1. The monoisotopic (exact) mass is 343 g/mol. The molecule has 2 aromatic rings. The van der Waals surface area contributed by atoms with Gasteiger partial charge in [0.1, 0.15) is 0 Å². The normalized spacial score (nSPS) is 18.8. The first-order chi connectivity index (χ1) is 11.5. The van der Waals surface area contributed by atoms with Crippen LogP contribution in [0.2, 0.25) is 6.82 Å². The third-order valence-corrected chi connectivity index (χ3v) is 5.40. The van der Waals surface area contributed by atoms with E-state index in [-0.39, 0.29) is 11.7 Å². The number of ketones is 1. The second-order valence-corrected chi connectivity index (χ2v) is 7.03. The number of fused-ring (bicyclic) bond motifs is 1. The summed E-state index contributed by atoms with van der Waals surface area (Å²) >= 11 is 6.08. The van der Waals surface area contributed by atoms with E-state index in [4.69, 9.17) is 11.6 Å². The van der Waals surface area contributed by atoms with Gasteiger partial charge < -0.3 is 9.83 Å². The van der Waals surface area contributed by atoms with Crippen molar-refractivity contribution in [1.29, 1.82) is 0 Å². The van der Waals surface area contributed by atoms with E-state index in [1.165, 1.54) is 5.56 Å². The lowest BCUT2D eigenvalue weighted by atomic mass is 9.79. The van der Waals surface area contributed by atoms with Gasteiger partial charge in [-0.25, -0.2) is 0 Å². The van der Waals surface area contributed by atoms with Crippen LogP contribution in [0.1, 0.15) is 34.3 Å². The number of nitrogens with zero attached hydrogens (tertiary/aromatic N) is 1. The molecule has 126 valence electrons. The maximum absolute atomic E-state index is 12.9. The highest BCUT2D eigenvalue weighted by Crippen LogP contribution is 2.27. The zero-order valence-corrected chi connectivity index (χ0v) is 15.0. The zero-order valence-electron chi connectivity index (χ0n) is 14.3. The van der Waals surface area contributed by atoms with Crippen LogP contribution >= 0.6 is 11.6 Å². The topological polar surface area (TPSA) is 40.5 Å². The summed E-state index contributed by atoms with van der Waals surface area (Å²) in [4.78, 5) is 14.9. The molecule has 1 saturated heterocycles. The molecule has 1 fully saturated rings. The van der Waals surface area contributed by atoms with E-state index in [9.17, 15) is 9.82 Å². The maximum atomic E-state index is 12.9. The van der Waals surface area contributed by atoms with E-state index in [1.807, 2.05) is 23.0 Å². The van der Waals surface area contributed by atoms with Crippen LogP contribution in [0.5, 0.6) is 0 Å². The van der Waals surface area contributed by atoms with Crippen molar-refractivity contribution in [2.75, 3.05) is 13.1 Å². The number of hydrogen-bond acceptors (Lipinski definition) is 3. The molecule has 0 aromatic heterocycles. The molecule has 1 aliphatic rings. The van der Waals surface area contributed by atoms with E-state index in [1.54, 1.807) is 6.82 Å². The van der Waals surface area contributed by atoms with Gasteiger partial charge in [-0.3, -0.25) is 4.79 Å². The Morgan fingerprint density at radius 1 is 1.38 bits per heavy atom. The first-order valence-corrected chi connectivity index (χ1v) is 9.09. The largest absolute Gasteiger partial charge is 0.437 e. The third kappa shape index (κ3) is 3.37. The van der Waals surface area contributed by atoms with E-state index >= 15 is 0 Å². The molecule has 2 aromatic carbocycles. The number of piperidine rings is 1. The van der Waals surface area contributed by atoms with Gasteiger partial charge in [0, 0.05) is 17.4 Å². The highest BCUT2D eigenvalue weighted by Gasteiger charge is 2.29. The molecule has 3 rings (SSSR count). The summed E-state index contributed by atoms with van der Waals surface area (Å²) in [5.74, 6) is 0.613. The Kier molecular flexibility index (Phi) is 5.28. The van der Waals surface area contributed by atoms with Gasteiger partial charge in [-0.2, -0.15) is 0 Å². The fourth-order valence-electron chi connectivity index (χ4n) is 3.63. The van der Waals surface area contributed by atoms with E-state index in [0.29, 0.717) is 12.4 Å². The molecule has 0 aliphatic carbocycles. The minimum Gasteiger partial charge on any atom is -0.437 e. The lowest BCUT2D eigenvalue weighted by Gasteiger charge is -2.32. The SMILES string of the molecule is CB(O)N1CCCC(C(=O)c2ccc3c(CCl)c(C)ccc3c2)C1. The molecule has 0 saturated carbocycles. The van der Waals surface area contributed by atoms with Crippen LogP contribution in [0.4, 0.5) is 0 Å². The molecule has 1 N–H and O–H groups in total. The average molecular weight is 344 g/mol. The van der Waals surface area contributed by atoms with Gasteiger partial charge >= 0.3 is 7.05 Å². The third-order valence-electron chi connectivity index (χ3n) is 5.14. The number of hydrogen-bond donors (Lipinski definition) is 1. The number of benzene rings is 2. The number of Topliss-reactive ketones (excluding diaryl/α,β-unsaturated/α-hetero) is 1. The summed E-state index contributed by atoms with van der Waals surface area (Å²) in [5.41, 5.74) is 3.06. The Morgan fingerprint density at radius 2 is 2.17 bits per heavy atom. The van der Waals surface area contributed by atoms with E-state index in [0.717, 1.165) is 41.3 Å². The number of halogens is 1. The molecule has 1 unspecified atom stereocenters. The second-order valence-electron chi connectivity index (χ2n) is 6.76. The van der Waals surface area contributed by atoms with Crippen LogP contribution in [0, 0.1) is 12.8 Å². The number of rotatable bonds is 4. The fraction of sp³-hybridized carbons (Fsp3) is 0.421. The minimum atomic E-state index is -0.494. The summed E-state index contributed by atoms with van der Waals surface area (Å²) in [6.45, 7) is 5.31. The van der Waals surface area contributed by atoms with Crippen LogP contribution in [0.25, 0.3) is 10.8 Å². The molecule has 1 atom stereocenters. The summed E-state index contributed by atoms with van der Waals surface area (Å²) < 4.78 is 0. The Morgan fingerprint density at radius 3 is 2.88 bits per heavy atom.